The van der Waals surface area contributed by atoms with Crippen LogP contribution in [0.25, 0.3) is 0 Å². The van der Waals surface area contributed by atoms with Crippen molar-refractivity contribution < 1.29 is 67.3 Å². The van der Waals surface area contributed by atoms with Crippen molar-refractivity contribution in [2.45, 2.75) is 96.8 Å². The number of aliphatic carboxylic acids is 3. The molecule has 0 bridgehead atoms. The third kappa shape index (κ3) is 14.3. The zero-order valence-electron chi connectivity index (χ0n) is 38.8. The van der Waals surface area contributed by atoms with Gasteiger partial charge in [-0.3, -0.25) is 52.9 Å². The highest BCUT2D eigenvalue weighted by Crippen LogP contribution is 2.68. The maximum Gasteiger partial charge on any atom is 0.317 e. The highest BCUT2D eigenvalue weighted by atomic mass is 32.2. The Labute approximate surface area is 388 Å². The third-order valence-electron chi connectivity index (χ3n) is 16.2. The Morgan fingerprint density at radius 2 is 1.21 bits per heavy atom. The Hall–Kier alpha value is -3.51. The Bertz CT molecular complexity index is 1810. The molecule has 21 nitrogen and oxygen atoms in total. The monoisotopic (exact) mass is 958 g/mol. The minimum Gasteiger partial charge on any atom is -0.480 e. The number of carbonyl (C=O) groups is 6. The zero-order valence-corrected chi connectivity index (χ0v) is 39.6. The van der Waals surface area contributed by atoms with Gasteiger partial charge in [0, 0.05) is 71.4 Å². The lowest BCUT2D eigenvalue weighted by Crippen LogP contribution is -2.63. The number of hydrogen-bond donors (Lipinski definition) is 9. The molecule has 1 aliphatic heterocycles. The van der Waals surface area contributed by atoms with Crippen molar-refractivity contribution in [3.8, 4) is 0 Å². The van der Waals surface area contributed by atoms with E-state index in [1.54, 1.807) is 19.6 Å². The average molecular weight is 958 g/mol. The molecule has 1 saturated heterocycles. The van der Waals surface area contributed by atoms with Gasteiger partial charge in [-0.25, -0.2) is 0 Å². The van der Waals surface area contributed by atoms with Crippen LogP contribution in [0.4, 0.5) is 0 Å². The Morgan fingerprint density at radius 3 is 1.73 bits per heavy atom. The molecule has 22 heteroatoms. The molecule has 0 spiro atoms. The van der Waals surface area contributed by atoms with Crippen LogP contribution in [0.3, 0.4) is 0 Å². The second-order valence-electron chi connectivity index (χ2n) is 20.4. The Kier molecular flexibility index (Phi) is 18.8. The number of rotatable bonds is 18. The summed E-state index contributed by atoms with van der Waals surface area (Å²) in [5, 5.41) is 60.7. The summed E-state index contributed by atoms with van der Waals surface area (Å²) in [7, 11) is -4.17. The number of carboxylic acid groups (broad SMARTS) is 3. The normalized spacial score (nSPS) is 33.4. The SMILES string of the molecule is C[C@H](CCC(=O)NCCS(=O)(=O)O)[C@H]1CCC2C3C(C[C@H](O)[C@@]21C)[C@@]1(C)CC[C@H](NC(=O)CNC(=O)CN2CCN(CC(=O)O)CCN(CC(=O)O)CCN(CC(=O)O)CC2)C[C@H]1C[C@H]3O. The van der Waals surface area contributed by atoms with Crippen molar-refractivity contribution in [3.63, 3.8) is 0 Å². The minimum atomic E-state index is -4.17. The van der Waals surface area contributed by atoms with Gasteiger partial charge >= 0.3 is 17.9 Å². The molecule has 5 fully saturated rings. The number of hydrogen-bond acceptors (Lipinski definition) is 14. The van der Waals surface area contributed by atoms with Crippen LogP contribution in [0.5, 0.6) is 0 Å². The van der Waals surface area contributed by atoms with E-state index in [2.05, 4.69) is 36.7 Å². The Balaban J connectivity index is 1.12. The van der Waals surface area contributed by atoms with Crippen LogP contribution in [0.15, 0.2) is 0 Å². The lowest BCUT2D eigenvalue weighted by molar-refractivity contribution is -0.202. The van der Waals surface area contributed by atoms with E-state index in [4.69, 9.17) is 4.55 Å². The first-order valence-corrected chi connectivity index (χ1v) is 25.3. The molecule has 0 aromatic heterocycles. The topological polar surface area (TPSA) is 307 Å². The molecule has 0 radical (unpaired) electrons. The molecular weight excluding hydrogens is 883 g/mol. The van der Waals surface area contributed by atoms with E-state index in [9.17, 15) is 62.7 Å². The molecular formula is C44H75N7O14S. The second kappa shape index (κ2) is 23.2. The Morgan fingerprint density at radius 1 is 0.682 bits per heavy atom. The molecule has 3 unspecified atom stereocenters. The summed E-state index contributed by atoms with van der Waals surface area (Å²) in [4.78, 5) is 80.6. The summed E-state index contributed by atoms with van der Waals surface area (Å²) in [6.45, 7) is 7.19. The number of nitrogens with one attached hydrogen (secondary N) is 3. The fourth-order valence-corrected chi connectivity index (χ4v) is 13.1. The van der Waals surface area contributed by atoms with Crippen molar-refractivity contribution in [2.24, 2.45) is 46.3 Å². The van der Waals surface area contributed by atoms with E-state index < -0.39 is 57.3 Å². The molecule has 4 saturated carbocycles. The second-order valence-corrected chi connectivity index (χ2v) is 21.9. The van der Waals surface area contributed by atoms with Crippen molar-refractivity contribution in [1.82, 2.24) is 35.6 Å². The molecule has 5 rings (SSSR count). The summed E-state index contributed by atoms with van der Waals surface area (Å²) in [5.74, 6) is -4.24. The summed E-state index contributed by atoms with van der Waals surface area (Å²) in [6.07, 6.45) is 4.62. The van der Waals surface area contributed by atoms with E-state index in [0.717, 1.165) is 19.3 Å². The molecule has 0 aromatic rings. The average Bonchev–Trinajstić information content (AvgIpc) is 3.58. The van der Waals surface area contributed by atoms with E-state index in [0.29, 0.717) is 32.1 Å². The van der Waals surface area contributed by atoms with Crippen LogP contribution in [0, 0.1) is 46.3 Å². The predicted octanol–water partition coefficient (Wildman–Crippen LogP) is -0.916. The van der Waals surface area contributed by atoms with Crippen LogP contribution in [0.2, 0.25) is 0 Å². The first kappa shape index (κ1) is 53.4. The molecule has 0 aromatic carbocycles. The molecule has 9 N–H and O–H groups in total. The van der Waals surface area contributed by atoms with Crippen molar-refractivity contribution in [2.75, 3.05) is 97.4 Å². The van der Waals surface area contributed by atoms with E-state index in [1.807, 2.05) is 0 Å². The minimum absolute atomic E-state index is 0.00735. The summed E-state index contributed by atoms with van der Waals surface area (Å²) in [5.41, 5.74) is -0.605. The fraction of sp³-hybridized carbons (Fsp3) is 0.864. The molecule has 1 heterocycles. The van der Waals surface area contributed by atoms with Gasteiger partial charge in [-0.15, -0.1) is 0 Å². The van der Waals surface area contributed by atoms with Crippen molar-refractivity contribution in [1.29, 1.82) is 0 Å². The van der Waals surface area contributed by atoms with Gasteiger partial charge in [0.25, 0.3) is 10.1 Å². The molecule has 376 valence electrons. The lowest BCUT2D eigenvalue weighted by atomic mass is 9.43. The molecule has 66 heavy (non-hydrogen) atoms. The molecule has 11 atom stereocenters. The van der Waals surface area contributed by atoms with Gasteiger partial charge in [-0.05, 0) is 97.7 Å². The summed E-state index contributed by atoms with van der Waals surface area (Å²) in [6, 6.07) is -0.168. The van der Waals surface area contributed by atoms with Gasteiger partial charge in [0.1, 0.15) is 0 Å². The van der Waals surface area contributed by atoms with Crippen LogP contribution < -0.4 is 16.0 Å². The number of nitrogens with zero attached hydrogens (tertiary/aromatic N) is 4. The standard InChI is InChI=1S/C44H75N7O14S/c1-28(4-7-36(54)45-10-19-66(63,64)65)31-5-6-32-42-33(22-35(53)44(31,32)3)43(2)9-8-30(20-29(43)21-34(42)52)47-37(55)23-46-38(56)24-48-11-13-49(25-39(57)58)15-17-51(27-41(61)62)18-16-50(14-12-48)26-40(59)60/h28-35,42,52-53H,4-27H2,1-3H3,(H,45,54)(H,46,56)(H,47,55)(H,57,58)(H,59,60)(H,61,62)(H,63,64,65)/t28-,29+,30+,31-,32?,33?,34-,35+,42?,43+,44-/m1/s1. The first-order valence-electron chi connectivity index (χ1n) is 23.7. The fourth-order valence-electron chi connectivity index (χ4n) is 12.8. The van der Waals surface area contributed by atoms with Crippen LogP contribution in [-0.4, -0.2) is 209 Å². The van der Waals surface area contributed by atoms with E-state index in [1.165, 1.54) is 0 Å². The quantitative estimate of drug-likeness (QED) is 0.0751. The molecule has 4 aliphatic carbocycles. The zero-order chi connectivity index (χ0) is 48.6. The van der Waals surface area contributed by atoms with Gasteiger partial charge in [-0.2, -0.15) is 8.42 Å². The maximum absolute atomic E-state index is 13.3. The predicted molar refractivity (Wildman–Crippen MR) is 239 cm³/mol. The maximum atomic E-state index is 13.3. The first-order chi connectivity index (χ1) is 31.0. The van der Waals surface area contributed by atoms with Crippen molar-refractivity contribution in [3.05, 3.63) is 0 Å². The summed E-state index contributed by atoms with van der Waals surface area (Å²) < 4.78 is 31.0. The number of fused-ring (bicyclic) bond motifs is 5. The van der Waals surface area contributed by atoms with Crippen LogP contribution in [-0.2, 0) is 38.9 Å². The lowest BCUT2D eigenvalue weighted by Gasteiger charge is -2.63. The van der Waals surface area contributed by atoms with Crippen LogP contribution >= 0.6 is 0 Å². The third-order valence-corrected chi connectivity index (χ3v) is 17.0. The number of carboxylic acids is 3. The number of aliphatic hydroxyl groups is 2. The van der Waals surface area contributed by atoms with E-state index >= 15 is 0 Å². The van der Waals surface area contributed by atoms with Crippen molar-refractivity contribution >= 4 is 45.7 Å². The van der Waals surface area contributed by atoms with Gasteiger partial charge < -0.3 is 41.5 Å². The summed E-state index contributed by atoms with van der Waals surface area (Å²) >= 11 is 0. The van der Waals surface area contributed by atoms with Gasteiger partial charge in [0.05, 0.1) is 50.7 Å². The van der Waals surface area contributed by atoms with Gasteiger partial charge in [0.2, 0.25) is 17.7 Å². The number of carbonyl (C=O) groups excluding carboxylic acids is 3. The highest BCUT2D eigenvalue weighted by molar-refractivity contribution is 7.85. The molecule has 5 aliphatic rings. The van der Waals surface area contributed by atoms with Gasteiger partial charge in [0.15, 0.2) is 0 Å². The molecule has 3 amide bonds. The van der Waals surface area contributed by atoms with Crippen LogP contribution in [0.1, 0.15) is 78.6 Å². The smallest absolute Gasteiger partial charge is 0.317 e. The number of amides is 3. The largest absolute Gasteiger partial charge is 0.480 e. The highest BCUT2D eigenvalue weighted by Gasteiger charge is 2.65. The number of aliphatic hydroxyl groups excluding tert-OH is 2. The van der Waals surface area contributed by atoms with E-state index in [-0.39, 0.29) is 157 Å². The van der Waals surface area contributed by atoms with Gasteiger partial charge in [-0.1, -0.05) is 20.8 Å².